The van der Waals surface area contributed by atoms with Gasteiger partial charge < -0.3 is 5.32 Å². The van der Waals surface area contributed by atoms with Crippen molar-refractivity contribution in [2.45, 2.75) is 17.7 Å². The summed E-state index contributed by atoms with van der Waals surface area (Å²) >= 11 is 9.33. The zero-order chi connectivity index (χ0) is 19.9. The van der Waals surface area contributed by atoms with Crippen molar-refractivity contribution in [3.05, 3.63) is 64.1 Å². The lowest BCUT2D eigenvalue weighted by molar-refractivity contribution is -0.116. The van der Waals surface area contributed by atoms with Crippen LogP contribution in [0, 0.1) is 0 Å². The molecule has 0 aliphatic carbocycles. The molecule has 0 atom stereocenters. The van der Waals surface area contributed by atoms with Crippen molar-refractivity contribution < 1.29 is 13.2 Å². The molecule has 1 amide bonds. The highest BCUT2D eigenvalue weighted by atomic mass is 79.9. The molecule has 28 heavy (non-hydrogen) atoms. The molecule has 0 aromatic heterocycles. The molecule has 3 aromatic rings. The van der Waals surface area contributed by atoms with E-state index in [2.05, 4.69) is 21.2 Å². The normalized spacial score (nSPS) is 14.4. The monoisotopic (exact) mass is 478 g/mol. The Bertz CT molecular complexity index is 1190. The van der Waals surface area contributed by atoms with Crippen LogP contribution in [0.5, 0.6) is 0 Å². The van der Waals surface area contributed by atoms with Crippen molar-refractivity contribution in [3.63, 3.8) is 0 Å². The topological polar surface area (TPSA) is 66.5 Å². The minimum absolute atomic E-state index is 0.189. The molecule has 1 aliphatic rings. The van der Waals surface area contributed by atoms with E-state index in [1.165, 1.54) is 4.31 Å². The predicted molar refractivity (Wildman–Crippen MR) is 115 cm³/mol. The van der Waals surface area contributed by atoms with Gasteiger partial charge in [-0.3, -0.25) is 9.10 Å². The first kappa shape index (κ1) is 19.2. The van der Waals surface area contributed by atoms with Gasteiger partial charge in [0, 0.05) is 28.5 Å². The van der Waals surface area contributed by atoms with Gasteiger partial charge in [0.1, 0.15) is 0 Å². The van der Waals surface area contributed by atoms with Gasteiger partial charge in [0.15, 0.2) is 0 Å². The summed E-state index contributed by atoms with van der Waals surface area (Å²) in [6.45, 7) is 0.241. The van der Waals surface area contributed by atoms with E-state index in [0.29, 0.717) is 27.7 Å². The second-order valence-electron chi connectivity index (χ2n) is 6.49. The number of halogens is 2. The summed E-state index contributed by atoms with van der Waals surface area (Å²) in [6.07, 6.45) is 0.603. The van der Waals surface area contributed by atoms with Crippen molar-refractivity contribution >= 4 is 65.6 Å². The molecule has 4 rings (SSSR count). The Kier molecular flexibility index (Phi) is 5.07. The van der Waals surface area contributed by atoms with Crippen molar-refractivity contribution in [3.8, 4) is 0 Å². The quantitative estimate of drug-likeness (QED) is 0.548. The summed E-state index contributed by atoms with van der Waals surface area (Å²) in [5.41, 5.74) is 1.28. The number of carbonyl (C=O) groups is 1. The molecule has 0 radical (unpaired) electrons. The predicted octanol–water partition coefficient (Wildman–Crippen LogP) is 5.18. The number of carbonyl (C=O) groups excluding carboxylic acids is 1. The van der Waals surface area contributed by atoms with Crippen LogP contribution in [0.25, 0.3) is 10.8 Å². The highest BCUT2D eigenvalue weighted by Gasteiger charge is 2.34. The van der Waals surface area contributed by atoms with Gasteiger partial charge in [-0.1, -0.05) is 35.9 Å². The number of anilines is 2. The first-order valence-electron chi connectivity index (χ1n) is 8.67. The van der Waals surface area contributed by atoms with Crippen LogP contribution in [0.15, 0.2) is 64.0 Å². The van der Waals surface area contributed by atoms with E-state index < -0.39 is 10.0 Å². The third-order valence-corrected chi connectivity index (χ3v) is 7.74. The Hall–Kier alpha value is -2.09. The number of hydrogen-bond acceptors (Lipinski definition) is 3. The van der Waals surface area contributed by atoms with Gasteiger partial charge in [-0.05, 0) is 58.1 Å². The van der Waals surface area contributed by atoms with E-state index in [1.807, 2.05) is 18.2 Å². The van der Waals surface area contributed by atoms with E-state index in [4.69, 9.17) is 11.6 Å². The SMILES string of the molecule is O=C(CCCN1c2cccc3cccc(c23)S1(=O)=O)Nc1ccc(Br)c(Cl)c1. The fourth-order valence-corrected chi connectivity index (χ4v) is 5.56. The van der Waals surface area contributed by atoms with Crippen molar-refractivity contribution in [2.24, 2.45) is 0 Å². The fourth-order valence-electron chi connectivity index (χ4n) is 3.38. The van der Waals surface area contributed by atoms with Gasteiger partial charge >= 0.3 is 0 Å². The Labute approximate surface area is 176 Å². The maximum absolute atomic E-state index is 12.9. The van der Waals surface area contributed by atoms with E-state index in [9.17, 15) is 13.2 Å². The molecule has 0 saturated heterocycles. The highest BCUT2D eigenvalue weighted by molar-refractivity contribution is 9.10. The molecule has 1 N–H and O–H groups in total. The lowest BCUT2D eigenvalue weighted by Gasteiger charge is -2.18. The zero-order valence-corrected chi connectivity index (χ0v) is 17.8. The van der Waals surface area contributed by atoms with Crippen LogP contribution in [0.3, 0.4) is 0 Å². The molecule has 0 spiro atoms. The number of amides is 1. The lowest BCUT2D eigenvalue weighted by Crippen LogP contribution is -2.28. The Morgan fingerprint density at radius 3 is 2.61 bits per heavy atom. The summed E-state index contributed by atoms with van der Waals surface area (Å²) in [6, 6.07) is 16.0. The van der Waals surface area contributed by atoms with Crippen LogP contribution in [0.1, 0.15) is 12.8 Å². The summed E-state index contributed by atoms with van der Waals surface area (Å²) in [4.78, 5) is 12.5. The van der Waals surface area contributed by atoms with E-state index in [1.54, 1.807) is 36.4 Å². The smallest absolute Gasteiger partial charge is 0.265 e. The highest BCUT2D eigenvalue weighted by Crippen LogP contribution is 2.42. The van der Waals surface area contributed by atoms with E-state index in [-0.39, 0.29) is 18.9 Å². The number of rotatable bonds is 5. The third kappa shape index (κ3) is 3.38. The molecule has 0 unspecified atom stereocenters. The first-order chi connectivity index (χ1) is 13.4. The molecule has 0 fully saturated rings. The van der Waals surface area contributed by atoms with Crippen LogP contribution in [-0.2, 0) is 14.8 Å². The number of nitrogens with one attached hydrogen (secondary N) is 1. The second-order valence-corrected chi connectivity index (χ2v) is 9.58. The van der Waals surface area contributed by atoms with Crippen LogP contribution < -0.4 is 9.62 Å². The van der Waals surface area contributed by atoms with Crippen molar-refractivity contribution in [1.29, 1.82) is 0 Å². The van der Waals surface area contributed by atoms with Crippen LogP contribution in [0.2, 0.25) is 5.02 Å². The largest absolute Gasteiger partial charge is 0.326 e. The van der Waals surface area contributed by atoms with Gasteiger partial charge in [0.25, 0.3) is 10.0 Å². The first-order valence-corrected chi connectivity index (χ1v) is 11.3. The van der Waals surface area contributed by atoms with Gasteiger partial charge in [0.2, 0.25) is 5.91 Å². The van der Waals surface area contributed by atoms with Gasteiger partial charge in [-0.2, -0.15) is 0 Å². The average molecular weight is 480 g/mol. The molecule has 1 aliphatic heterocycles. The molecular weight excluding hydrogens is 464 g/mol. The Morgan fingerprint density at radius 2 is 1.86 bits per heavy atom. The van der Waals surface area contributed by atoms with Crippen molar-refractivity contribution in [1.82, 2.24) is 0 Å². The standard InChI is InChI=1S/C20H16BrClN2O3S/c21-15-10-9-14(12-16(15)22)23-19(25)8-3-11-24-17-6-1-4-13-5-2-7-18(20(13)17)28(24,26)27/h1-2,4-7,9-10,12H,3,8,11H2,(H,23,25). The summed E-state index contributed by atoms with van der Waals surface area (Å²) in [7, 11) is -3.59. The lowest BCUT2D eigenvalue weighted by atomic mass is 10.1. The maximum atomic E-state index is 12.9. The molecule has 3 aromatic carbocycles. The second kappa shape index (κ2) is 7.39. The molecule has 144 valence electrons. The molecule has 5 nitrogen and oxygen atoms in total. The summed E-state index contributed by atoms with van der Waals surface area (Å²) in [5.74, 6) is -0.189. The Balaban J connectivity index is 1.45. The third-order valence-electron chi connectivity index (χ3n) is 4.65. The Morgan fingerprint density at radius 1 is 1.11 bits per heavy atom. The summed E-state index contributed by atoms with van der Waals surface area (Å²) < 4.78 is 28.0. The number of hydrogen-bond donors (Lipinski definition) is 1. The minimum Gasteiger partial charge on any atom is -0.326 e. The van der Waals surface area contributed by atoms with E-state index in [0.717, 1.165) is 15.2 Å². The van der Waals surface area contributed by atoms with Crippen LogP contribution in [0.4, 0.5) is 11.4 Å². The fraction of sp³-hybridized carbons (Fsp3) is 0.150. The van der Waals surface area contributed by atoms with Gasteiger partial charge in [-0.25, -0.2) is 8.42 Å². The van der Waals surface area contributed by atoms with Crippen molar-refractivity contribution in [2.75, 3.05) is 16.2 Å². The van der Waals surface area contributed by atoms with Gasteiger partial charge in [-0.15, -0.1) is 0 Å². The average Bonchev–Trinajstić information content (AvgIpc) is 2.88. The number of sulfonamides is 1. The summed E-state index contributed by atoms with van der Waals surface area (Å²) in [5, 5.41) is 4.93. The number of nitrogens with zero attached hydrogens (tertiary/aromatic N) is 1. The molecule has 1 heterocycles. The molecule has 0 bridgehead atoms. The van der Waals surface area contributed by atoms with E-state index >= 15 is 0 Å². The maximum Gasteiger partial charge on any atom is 0.265 e. The molecule has 0 saturated carbocycles. The van der Waals surface area contributed by atoms with Gasteiger partial charge in [0.05, 0.1) is 15.6 Å². The molecule has 8 heteroatoms. The number of benzene rings is 3. The van der Waals surface area contributed by atoms with Crippen LogP contribution >= 0.6 is 27.5 Å². The zero-order valence-electron chi connectivity index (χ0n) is 14.7. The minimum atomic E-state index is -3.59. The van der Waals surface area contributed by atoms with Crippen LogP contribution in [-0.4, -0.2) is 20.9 Å². The molecular formula is C20H16BrClN2O3S.